The average Bonchev–Trinajstić information content (AvgIpc) is 2.13. The Kier molecular flexibility index (Phi) is 2.94. The largest absolute Gasteiger partial charge is 0.346 e. The first-order valence-corrected chi connectivity index (χ1v) is 3.73. The standard InChI is InChI=1S/C5H10O4S/c1-3-4(10-7-2)9-5(6)8-3/h3-6H,1-2H3. The highest BCUT2D eigenvalue weighted by Crippen LogP contribution is 2.26. The minimum absolute atomic E-state index is 0.125. The Bertz CT molecular complexity index is 110. The van der Waals surface area contributed by atoms with Crippen LogP contribution in [0.3, 0.4) is 0 Å². The number of ether oxygens (including phenoxy) is 2. The molecular formula is C5H10O4S. The molecular weight excluding hydrogens is 156 g/mol. The first-order chi connectivity index (χ1) is 4.74. The minimum Gasteiger partial charge on any atom is -0.346 e. The van der Waals surface area contributed by atoms with Gasteiger partial charge >= 0.3 is 0 Å². The van der Waals surface area contributed by atoms with Crippen molar-refractivity contribution in [1.82, 2.24) is 0 Å². The quantitative estimate of drug-likeness (QED) is 0.598. The summed E-state index contributed by atoms with van der Waals surface area (Å²) >= 11 is 1.14. The number of hydrogen-bond acceptors (Lipinski definition) is 5. The van der Waals surface area contributed by atoms with Crippen LogP contribution >= 0.6 is 12.0 Å². The fraction of sp³-hybridized carbons (Fsp3) is 1.00. The van der Waals surface area contributed by atoms with Crippen molar-refractivity contribution in [3.05, 3.63) is 0 Å². The van der Waals surface area contributed by atoms with Gasteiger partial charge in [0.15, 0.2) is 5.44 Å². The summed E-state index contributed by atoms with van der Waals surface area (Å²) in [5, 5.41) is 8.78. The number of rotatable bonds is 2. The summed E-state index contributed by atoms with van der Waals surface area (Å²) in [5.74, 6) is 0. The SMILES string of the molecule is COSC1OC(O)OC1C. The van der Waals surface area contributed by atoms with Gasteiger partial charge in [0.25, 0.3) is 6.48 Å². The third-order valence-corrected chi connectivity index (χ3v) is 2.03. The van der Waals surface area contributed by atoms with Crippen molar-refractivity contribution in [1.29, 1.82) is 0 Å². The van der Waals surface area contributed by atoms with Crippen LogP contribution in [0.25, 0.3) is 0 Å². The molecule has 0 bridgehead atoms. The van der Waals surface area contributed by atoms with E-state index in [0.717, 1.165) is 12.0 Å². The third-order valence-electron chi connectivity index (χ3n) is 1.16. The molecule has 3 unspecified atom stereocenters. The number of hydrogen-bond donors (Lipinski definition) is 1. The van der Waals surface area contributed by atoms with Crippen LogP contribution in [0.5, 0.6) is 0 Å². The molecule has 0 aromatic heterocycles. The van der Waals surface area contributed by atoms with Crippen LogP contribution in [-0.2, 0) is 13.7 Å². The van der Waals surface area contributed by atoms with E-state index < -0.39 is 6.48 Å². The minimum atomic E-state index is -1.09. The summed E-state index contributed by atoms with van der Waals surface area (Å²) in [5.41, 5.74) is -0.222. The van der Waals surface area contributed by atoms with E-state index in [-0.39, 0.29) is 11.5 Å². The number of aliphatic hydroxyl groups excluding tert-OH is 1. The van der Waals surface area contributed by atoms with Crippen molar-refractivity contribution in [2.45, 2.75) is 24.9 Å². The summed E-state index contributed by atoms with van der Waals surface area (Å²) in [7, 11) is 1.55. The van der Waals surface area contributed by atoms with Gasteiger partial charge in [0.1, 0.15) is 0 Å². The average molecular weight is 166 g/mol. The predicted molar refractivity (Wildman–Crippen MR) is 36.0 cm³/mol. The van der Waals surface area contributed by atoms with Crippen LogP contribution in [0.2, 0.25) is 0 Å². The van der Waals surface area contributed by atoms with Crippen LogP contribution in [0.4, 0.5) is 0 Å². The maximum Gasteiger partial charge on any atom is 0.270 e. The molecule has 0 spiro atoms. The maximum absolute atomic E-state index is 8.78. The van der Waals surface area contributed by atoms with Gasteiger partial charge in [-0.2, -0.15) is 0 Å². The zero-order chi connectivity index (χ0) is 7.56. The molecule has 0 amide bonds. The Hall–Kier alpha value is 0.190. The van der Waals surface area contributed by atoms with Crippen molar-refractivity contribution in [3.63, 3.8) is 0 Å². The van der Waals surface area contributed by atoms with Crippen molar-refractivity contribution in [3.8, 4) is 0 Å². The molecule has 1 heterocycles. The fourth-order valence-electron chi connectivity index (χ4n) is 0.701. The Morgan fingerprint density at radius 1 is 1.50 bits per heavy atom. The summed E-state index contributed by atoms with van der Waals surface area (Å²) < 4.78 is 14.5. The second-order valence-corrected chi connectivity index (χ2v) is 2.91. The molecule has 0 saturated carbocycles. The van der Waals surface area contributed by atoms with Crippen molar-refractivity contribution < 1.29 is 18.8 Å². The van der Waals surface area contributed by atoms with Gasteiger partial charge in [-0.05, 0) is 6.92 Å². The van der Waals surface area contributed by atoms with Crippen LogP contribution in [0, 0.1) is 0 Å². The van der Waals surface area contributed by atoms with Gasteiger partial charge in [-0.25, -0.2) is 0 Å². The van der Waals surface area contributed by atoms with Gasteiger partial charge in [-0.1, -0.05) is 0 Å². The molecule has 0 aromatic rings. The number of aliphatic hydroxyl groups is 1. The summed E-state index contributed by atoms with van der Waals surface area (Å²) in [4.78, 5) is 0. The van der Waals surface area contributed by atoms with E-state index in [2.05, 4.69) is 0 Å². The first-order valence-electron chi connectivity index (χ1n) is 2.92. The van der Waals surface area contributed by atoms with Crippen molar-refractivity contribution in [2.75, 3.05) is 7.11 Å². The van der Waals surface area contributed by atoms with Crippen LogP contribution in [0.15, 0.2) is 0 Å². The molecule has 1 fully saturated rings. The fourth-order valence-corrected chi connectivity index (χ4v) is 1.25. The molecule has 3 atom stereocenters. The van der Waals surface area contributed by atoms with E-state index >= 15 is 0 Å². The summed E-state index contributed by atoms with van der Waals surface area (Å²) in [6, 6.07) is 0. The van der Waals surface area contributed by atoms with Crippen LogP contribution < -0.4 is 0 Å². The van der Waals surface area contributed by atoms with Crippen molar-refractivity contribution >= 4 is 12.0 Å². The molecule has 0 aromatic carbocycles. The Labute approximate surface area is 63.7 Å². The summed E-state index contributed by atoms with van der Waals surface area (Å²) in [6.07, 6.45) is -0.125. The molecule has 60 valence electrons. The van der Waals surface area contributed by atoms with Crippen molar-refractivity contribution in [2.24, 2.45) is 0 Å². The highest BCUT2D eigenvalue weighted by Gasteiger charge is 2.32. The molecule has 10 heavy (non-hydrogen) atoms. The predicted octanol–water partition coefficient (Wildman–Crippen LogP) is 0.318. The Morgan fingerprint density at radius 2 is 2.20 bits per heavy atom. The normalized spacial score (nSPS) is 40.5. The topological polar surface area (TPSA) is 47.9 Å². The summed E-state index contributed by atoms with van der Waals surface area (Å²) in [6.45, 7) is 0.718. The lowest BCUT2D eigenvalue weighted by Crippen LogP contribution is -2.14. The second kappa shape index (κ2) is 3.54. The lowest BCUT2D eigenvalue weighted by molar-refractivity contribution is -0.204. The first kappa shape index (κ1) is 8.29. The lowest BCUT2D eigenvalue weighted by Gasteiger charge is -2.07. The Morgan fingerprint density at radius 3 is 2.60 bits per heavy atom. The maximum atomic E-state index is 8.78. The van der Waals surface area contributed by atoms with Gasteiger partial charge < -0.3 is 18.8 Å². The molecule has 1 N–H and O–H groups in total. The molecule has 0 radical (unpaired) electrons. The highest BCUT2D eigenvalue weighted by atomic mass is 32.2. The van der Waals surface area contributed by atoms with E-state index in [1.54, 1.807) is 7.11 Å². The molecule has 1 aliphatic rings. The van der Waals surface area contributed by atoms with Crippen LogP contribution in [-0.4, -0.2) is 30.2 Å². The smallest absolute Gasteiger partial charge is 0.270 e. The van der Waals surface area contributed by atoms with E-state index in [4.69, 9.17) is 18.8 Å². The molecule has 1 rings (SSSR count). The van der Waals surface area contributed by atoms with Gasteiger partial charge in [0, 0.05) is 12.0 Å². The third kappa shape index (κ3) is 1.83. The van der Waals surface area contributed by atoms with E-state index in [0.29, 0.717) is 0 Å². The van der Waals surface area contributed by atoms with Gasteiger partial charge in [0.2, 0.25) is 0 Å². The monoisotopic (exact) mass is 166 g/mol. The van der Waals surface area contributed by atoms with Gasteiger partial charge in [-0.3, -0.25) is 0 Å². The highest BCUT2D eigenvalue weighted by molar-refractivity contribution is 7.95. The molecule has 5 heteroatoms. The Balaban J connectivity index is 2.31. The van der Waals surface area contributed by atoms with E-state index in [9.17, 15) is 0 Å². The second-order valence-electron chi connectivity index (χ2n) is 1.92. The van der Waals surface area contributed by atoms with E-state index in [1.807, 2.05) is 6.92 Å². The lowest BCUT2D eigenvalue weighted by atomic mass is 10.4. The molecule has 1 saturated heterocycles. The molecule has 1 aliphatic heterocycles. The van der Waals surface area contributed by atoms with Gasteiger partial charge in [0.05, 0.1) is 13.2 Å². The van der Waals surface area contributed by atoms with E-state index in [1.165, 1.54) is 0 Å². The molecule has 4 nitrogen and oxygen atoms in total. The zero-order valence-electron chi connectivity index (χ0n) is 5.81. The van der Waals surface area contributed by atoms with Gasteiger partial charge in [-0.15, -0.1) is 0 Å². The molecule has 0 aliphatic carbocycles. The van der Waals surface area contributed by atoms with Crippen LogP contribution in [0.1, 0.15) is 6.92 Å². The zero-order valence-corrected chi connectivity index (χ0v) is 6.63.